The number of nitriles is 1. The molecule has 0 fully saturated rings. The predicted octanol–water partition coefficient (Wildman–Crippen LogP) is 4.18. The Morgan fingerprint density at radius 2 is 2.22 bits per heavy atom. The second-order valence-corrected chi connectivity index (χ2v) is 4.29. The zero-order chi connectivity index (χ0) is 13.7. The van der Waals surface area contributed by atoms with Crippen molar-refractivity contribution in [2.75, 3.05) is 0 Å². The van der Waals surface area contributed by atoms with Crippen LogP contribution in [0.4, 0.5) is 5.69 Å². The van der Waals surface area contributed by atoms with E-state index in [1.165, 1.54) is 12.1 Å². The summed E-state index contributed by atoms with van der Waals surface area (Å²) < 4.78 is 0. The molecule has 1 rings (SSSR count). The first kappa shape index (κ1) is 14.2. The first-order valence-electron chi connectivity index (χ1n) is 5.55. The number of aryl methyl sites for hydroxylation is 1. The number of halogens is 1. The second-order valence-electron chi connectivity index (χ2n) is 3.91. The minimum absolute atomic E-state index is 0.0229. The fourth-order valence-electron chi connectivity index (χ4n) is 1.63. The number of nitrogens with zero attached hydrogens (tertiary/aromatic N) is 2. The van der Waals surface area contributed by atoms with Gasteiger partial charge in [-0.1, -0.05) is 24.9 Å². The summed E-state index contributed by atoms with van der Waals surface area (Å²) in [6.45, 7) is 3.70. The Bertz CT molecular complexity index is 544. The van der Waals surface area contributed by atoms with E-state index in [1.54, 1.807) is 13.0 Å². The molecular formula is C13H13ClN2O2. The van der Waals surface area contributed by atoms with E-state index in [0.29, 0.717) is 28.2 Å². The monoisotopic (exact) mass is 264 g/mol. The third-order valence-electron chi connectivity index (χ3n) is 2.56. The molecule has 0 bridgehead atoms. The summed E-state index contributed by atoms with van der Waals surface area (Å²) in [4.78, 5) is 10.2. The molecule has 0 atom stereocenters. The average Bonchev–Trinajstić information content (AvgIpc) is 2.34. The van der Waals surface area contributed by atoms with Crippen LogP contribution in [-0.4, -0.2) is 4.92 Å². The lowest BCUT2D eigenvalue weighted by Crippen LogP contribution is -1.93. The van der Waals surface area contributed by atoms with Gasteiger partial charge in [-0.2, -0.15) is 5.26 Å². The van der Waals surface area contributed by atoms with E-state index in [4.69, 9.17) is 16.9 Å². The second kappa shape index (κ2) is 6.18. The highest BCUT2D eigenvalue weighted by Crippen LogP contribution is 2.30. The molecule has 1 aromatic carbocycles. The molecule has 0 unspecified atom stereocenters. The largest absolute Gasteiger partial charge is 0.269 e. The van der Waals surface area contributed by atoms with Crippen molar-refractivity contribution >= 4 is 22.3 Å². The molecule has 4 nitrogen and oxygen atoms in total. The number of hydrogen-bond acceptors (Lipinski definition) is 3. The highest BCUT2D eigenvalue weighted by Gasteiger charge is 2.12. The SMILES string of the molecule is CCCC(C#N)=C(Cl)c1ccc([N+](=O)[O-])cc1C. The van der Waals surface area contributed by atoms with Crippen LogP contribution in [0.1, 0.15) is 30.9 Å². The smallest absolute Gasteiger partial charge is 0.258 e. The Balaban J connectivity index is 3.26. The van der Waals surface area contributed by atoms with Gasteiger partial charge >= 0.3 is 0 Å². The van der Waals surface area contributed by atoms with Gasteiger partial charge in [-0.25, -0.2) is 0 Å². The van der Waals surface area contributed by atoms with Crippen molar-refractivity contribution in [3.63, 3.8) is 0 Å². The Morgan fingerprint density at radius 3 is 2.67 bits per heavy atom. The van der Waals surface area contributed by atoms with E-state index in [1.807, 2.05) is 6.92 Å². The molecule has 0 saturated carbocycles. The molecule has 0 saturated heterocycles. The molecule has 94 valence electrons. The lowest BCUT2D eigenvalue weighted by Gasteiger charge is -2.06. The van der Waals surface area contributed by atoms with Crippen molar-refractivity contribution in [1.82, 2.24) is 0 Å². The number of non-ortho nitro benzene ring substituents is 1. The molecule has 0 aliphatic carbocycles. The third-order valence-corrected chi connectivity index (χ3v) is 2.99. The molecule has 0 aliphatic heterocycles. The van der Waals surface area contributed by atoms with Crippen LogP contribution >= 0.6 is 11.6 Å². The highest BCUT2D eigenvalue weighted by atomic mass is 35.5. The Kier molecular flexibility index (Phi) is 4.87. The number of hydrogen-bond donors (Lipinski definition) is 0. The molecule has 0 aromatic heterocycles. The lowest BCUT2D eigenvalue weighted by molar-refractivity contribution is -0.384. The topological polar surface area (TPSA) is 66.9 Å². The zero-order valence-electron chi connectivity index (χ0n) is 10.2. The predicted molar refractivity (Wildman–Crippen MR) is 71.1 cm³/mol. The van der Waals surface area contributed by atoms with Crippen molar-refractivity contribution in [3.8, 4) is 6.07 Å². The van der Waals surface area contributed by atoms with E-state index in [-0.39, 0.29) is 5.69 Å². The minimum atomic E-state index is -0.453. The van der Waals surface area contributed by atoms with Crippen molar-refractivity contribution in [3.05, 3.63) is 45.0 Å². The lowest BCUT2D eigenvalue weighted by atomic mass is 10.0. The van der Waals surface area contributed by atoms with Crippen molar-refractivity contribution in [1.29, 1.82) is 5.26 Å². The van der Waals surface area contributed by atoms with E-state index in [9.17, 15) is 10.1 Å². The fraction of sp³-hybridized carbons (Fsp3) is 0.308. The fourth-order valence-corrected chi connectivity index (χ4v) is 1.98. The Labute approximate surface area is 111 Å². The van der Waals surface area contributed by atoms with Crippen molar-refractivity contribution in [2.24, 2.45) is 0 Å². The normalized spacial score (nSPS) is 11.7. The molecule has 5 heteroatoms. The van der Waals surface area contributed by atoms with Crippen LogP contribution in [-0.2, 0) is 0 Å². The minimum Gasteiger partial charge on any atom is -0.258 e. The van der Waals surface area contributed by atoms with E-state index in [0.717, 1.165) is 6.42 Å². The summed E-state index contributed by atoms with van der Waals surface area (Å²) in [5.74, 6) is 0. The molecule has 0 N–H and O–H groups in total. The van der Waals surface area contributed by atoms with Crippen LogP contribution in [0.3, 0.4) is 0 Å². The van der Waals surface area contributed by atoms with Crippen molar-refractivity contribution < 1.29 is 4.92 Å². The van der Waals surface area contributed by atoms with Gasteiger partial charge in [-0.05, 0) is 30.5 Å². The van der Waals surface area contributed by atoms with Gasteiger partial charge in [-0.15, -0.1) is 0 Å². The van der Waals surface area contributed by atoms with E-state index in [2.05, 4.69) is 6.07 Å². The summed E-state index contributed by atoms with van der Waals surface area (Å²) >= 11 is 6.18. The van der Waals surface area contributed by atoms with Crippen LogP contribution in [0, 0.1) is 28.4 Å². The Hall–Kier alpha value is -1.86. The molecule has 0 radical (unpaired) electrons. The summed E-state index contributed by atoms with van der Waals surface area (Å²) in [5.41, 5.74) is 1.90. The van der Waals surface area contributed by atoms with Gasteiger partial charge in [0, 0.05) is 17.7 Å². The number of rotatable bonds is 4. The summed E-state index contributed by atoms with van der Waals surface area (Å²) in [6, 6.07) is 6.52. The molecule has 1 aromatic rings. The van der Waals surface area contributed by atoms with Crippen LogP contribution in [0.15, 0.2) is 23.8 Å². The van der Waals surface area contributed by atoms with Crippen LogP contribution in [0.5, 0.6) is 0 Å². The summed E-state index contributed by atoms with van der Waals surface area (Å²) in [6.07, 6.45) is 1.43. The van der Waals surface area contributed by atoms with Gasteiger partial charge in [0.15, 0.2) is 0 Å². The first-order chi connectivity index (χ1) is 8.51. The van der Waals surface area contributed by atoms with E-state index < -0.39 is 4.92 Å². The third kappa shape index (κ3) is 3.08. The van der Waals surface area contributed by atoms with Gasteiger partial charge < -0.3 is 0 Å². The number of nitro benzene ring substituents is 1. The van der Waals surface area contributed by atoms with Crippen LogP contribution < -0.4 is 0 Å². The quantitative estimate of drug-likeness (QED) is 0.465. The van der Waals surface area contributed by atoms with Gasteiger partial charge in [0.05, 0.1) is 16.0 Å². The molecule has 0 aliphatic rings. The number of nitro groups is 1. The molecular weight excluding hydrogens is 252 g/mol. The molecule has 0 spiro atoms. The maximum Gasteiger partial charge on any atom is 0.269 e. The van der Waals surface area contributed by atoms with Gasteiger partial charge in [0.1, 0.15) is 0 Å². The molecule has 0 heterocycles. The standard InChI is InChI=1S/C13H13ClN2O2/c1-3-4-10(8-15)13(14)12-6-5-11(16(17)18)7-9(12)2/h5-7H,3-4H2,1-2H3. The first-order valence-corrected chi connectivity index (χ1v) is 5.93. The maximum absolute atomic E-state index is 10.6. The van der Waals surface area contributed by atoms with Crippen LogP contribution in [0.2, 0.25) is 0 Å². The molecule has 18 heavy (non-hydrogen) atoms. The summed E-state index contributed by atoms with van der Waals surface area (Å²) in [5, 5.41) is 20.0. The molecule has 0 amide bonds. The summed E-state index contributed by atoms with van der Waals surface area (Å²) in [7, 11) is 0. The van der Waals surface area contributed by atoms with Gasteiger partial charge in [0.25, 0.3) is 5.69 Å². The maximum atomic E-state index is 10.6. The van der Waals surface area contributed by atoms with E-state index >= 15 is 0 Å². The number of benzene rings is 1. The van der Waals surface area contributed by atoms with Crippen molar-refractivity contribution in [2.45, 2.75) is 26.7 Å². The number of allylic oxidation sites excluding steroid dienone is 1. The van der Waals surface area contributed by atoms with Gasteiger partial charge in [-0.3, -0.25) is 10.1 Å². The highest BCUT2D eigenvalue weighted by molar-refractivity contribution is 6.49. The Morgan fingerprint density at radius 1 is 1.56 bits per heavy atom. The average molecular weight is 265 g/mol. The van der Waals surface area contributed by atoms with Gasteiger partial charge in [0.2, 0.25) is 0 Å². The van der Waals surface area contributed by atoms with Crippen LogP contribution in [0.25, 0.3) is 5.03 Å². The zero-order valence-corrected chi connectivity index (χ0v) is 11.0.